The van der Waals surface area contributed by atoms with Crippen molar-refractivity contribution in [1.29, 1.82) is 0 Å². The van der Waals surface area contributed by atoms with E-state index in [2.05, 4.69) is 5.32 Å². The van der Waals surface area contributed by atoms with Crippen molar-refractivity contribution in [3.8, 4) is 0 Å². The van der Waals surface area contributed by atoms with Crippen molar-refractivity contribution in [2.24, 2.45) is 11.1 Å². The maximum Gasteiger partial charge on any atom is 0.227 e. The van der Waals surface area contributed by atoms with Crippen LogP contribution in [0.5, 0.6) is 0 Å². The van der Waals surface area contributed by atoms with Crippen LogP contribution in [0.25, 0.3) is 0 Å². The summed E-state index contributed by atoms with van der Waals surface area (Å²) >= 11 is 0. The van der Waals surface area contributed by atoms with Crippen LogP contribution >= 0.6 is 0 Å². The summed E-state index contributed by atoms with van der Waals surface area (Å²) in [5.74, 6) is 0.0760. The summed E-state index contributed by atoms with van der Waals surface area (Å²) in [6.45, 7) is 4.30. The number of rotatable bonds is 5. The second-order valence-electron chi connectivity index (χ2n) is 4.62. The van der Waals surface area contributed by atoms with Gasteiger partial charge in [0.25, 0.3) is 0 Å². The standard InChI is InChI=1S/C11H22N2O2/c1-4-11(2,7-12)10(14)13-8-5-9(6-8)15-3/h8-9H,4-7,12H2,1-3H3,(H,13,14). The Kier molecular flexibility index (Phi) is 4.11. The number of hydrogen-bond acceptors (Lipinski definition) is 3. The van der Waals surface area contributed by atoms with Crippen molar-refractivity contribution in [3.63, 3.8) is 0 Å². The molecule has 4 nitrogen and oxygen atoms in total. The first-order valence-corrected chi connectivity index (χ1v) is 5.59. The highest BCUT2D eigenvalue weighted by atomic mass is 16.5. The largest absolute Gasteiger partial charge is 0.381 e. The Bertz CT molecular complexity index is 221. The molecule has 1 saturated carbocycles. The van der Waals surface area contributed by atoms with Gasteiger partial charge in [0, 0.05) is 19.7 Å². The molecule has 0 radical (unpaired) electrons. The van der Waals surface area contributed by atoms with Crippen molar-refractivity contribution >= 4 is 5.91 Å². The van der Waals surface area contributed by atoms with Crippen molar-refractivity contribution < 1.29 is 9.53 Å². The van der Waals surface area contributed by atoms with Crippen LogP contribution in [0, 0.1) is 5.41 Å². The van der Waals surface area contributed by atoms with Crippen molar-refractivity contribution in [1.82, 2.24) is 5.32 Å². The highest BCUT2D eigenvalue weighted by molar-refractivity contribution is 5.82. The fraction of sp³-hybridized carbons (Fsp3) is 0.909. The topological polar surface area (TPSA) is 64.4 Å². The van der Waals surface area contributed by atoms with E-state index in [1.807, 2.05) is 13.8 Å². The number of hydrogen-bond donors (Lipinski definition) is 2. The normalized spacial score (nSPS) is 29.1. The summed E-state index contributed by atoms with van der Waals surface area (Å²) in [5.41, 5.74) is 5.20. The van der Waals surface area contributed by atoms with E-state index in [4.69, 9.17) is 10.5 Å². The number of ether oxygens (including phenoxy) is 1. The smallest absolute Gasteiger partial charge is 0.227 e. The van der Waals surface area contributed by atoms with Gasteiger partial charge < -0.3 is 15.8 Å². The fourth-order valence-corrected chi connectivity index (χ4v) is 1.63. The molecule has 1 rings (SSSR count). The molecule has 4 heteroatoms. The second-order valence-corrected chi connectivity index (χ2v) is 4.62. The zero-order valence-electron chi connectivity index (χ0n) is 9.88. The van der Waals surface area contributed by atoms with Crippen LogP contribution < -0.4 is 11.1 Å². The molecule has 0 spiro atoms. The van der Waals surface area contributed by atoms with E-state index in [9.17, 15) is 4.79 Å². The minimum absolute atomic E-state index is 0.0760. The van der Waals surface area contributed by atoms with E-state index in [1.165, 1.54) is 0 Å². The Balaban J connectivity index is 2.36. The molecule has 0 heterocycles. The third-order valence-electron chi connectivity index (χ3n) is 3.54. The average molecular weight is 214 g/mol. The third-order valence-corrected chi connectivity index (χ3v) is 3.54. The quantitative estimate of drug-likeness (QED) is 0.706. The number of carbonyl (C=O) groups is 1. The molecule has 0 bridgehead atoms. The summed E-state index contributed by atoms with van der Waals surface area (Å²) in [6, 6.07) is 0.278. The van der Waals surface area contributed by atoms with Crippen LogP contribution in [0.1, 0.15) is 33.1 Å². The Labute approximate surface area is 91.5 Å². The van der Waals surface area contributed by atoms with Gasteiger partial charge in [-0.3, -0.25) is 4.79 Å². The summed E-state index contributed by atoms with van der Waals surface area (Å²) in [6.07, 6.45) is 2.94. The molecule has 0 aliphatic heterocycles. The molecule has 1 atom stereocenters. The Morgan fingerprint density at radius 1 is 1.60 bits per heavy atom. The summed E-state index contributed by atoms with van der Waals surface area (Å²) in [4.78, 5) is 11.9. The average Bonchev–Trinajstić information content (AvgIpc) is 2.21. The predicted octanol–water partition coefficient (Wildman–Crippen LogP) is 0.655. The Morgan fingerprint density at radius 3 is 2.60 bits per heavy atom. The van der Waals surface area contributed by atoms with Crippen LogP contribution in [0.3, 0.4) is 0 Å². The maximum atomic E-state index is 11.9. The number of nitrogens with one attached hydrogen (secondary N) is 1. The summed E-state index contributed by atoms with van der Waals surface area (Å²) in [7, 11) is 1.71. The van der Waals surface area contributed by atoms with Gasteiger partial charge in [-0.05, 0) is 26.2 Å². The van der Waals surface area contributed by atoms with Gasteiger partial charge in [0.1, 0.15) is 0 Å². The fourth-order valence-electron chi connectivity index (χ4n) is 1.63. The predicted molar refractivity (Wildman–Crippen MR) is 59.4 cm³/mol. The van der Waals surface area contributed by atoms with Crippen LogP contribution in [0.15, 0.2) is 0 Å². The highest BCUT2D eigenvalue weighted by Gasteiger charge is 2.35. The molecule has 15 heavy (non-hydrogen) atoms. The molecule has 3 N–H and O–H groups in total. The van der Waals surface area contributed by atoms with Crippen molar-refractivity contribution in [2.75, 3.05) is 13.7 Å². The van der Waals surface area contributed by atoms with E-state index < -0.39 is 5.41 Å². The van der Waals surface area contributed by atoms with Gasteiger partial charge in [0.15, 0.2) is 0 Å². The Morgan fingerprint density at radius 2 is 2.20 bits per heavy atom. The SMILES string of the molecule is CCC(C)(CN)C(=O)NC1CC(OC)C1. The van der Waals surface area contributed by atoms with Gasteiger partial charge in [0.2, 0.25) is 5.91 Å². The van der Waals surface area contributed by atoms with Gasteiger partial charge >= 0.3 is 0 Å². The molecule has 1 amide bonds. The van der Waals surface area contributed by atoms with E-state index in [-0.39, 0.29) is 11.9 Å². The van der Waals surface area contributed by atoms with E-state index in [1.54, 1.807) is 7.11 Å². The lowest BCUT2D eigenvalue weighted by molar-refractivity contribution is -0.132. The molecular formula is C11H22N2O2. The molecule has 1 aliphatic carbocycles. The van der Waals surface area contributed by atoms with Crippen molar-refractivity contribution in [3.05, 3.63) is 0 Å². The first-order valence-electron chi connectivity index (χ1n) is 5.59. The summed E-state index contributed by atoms with van der Waals surface area (Å²) in [5, 5.41) is 3.02. The molecule has 0 aromatic rings. The third kappa shape index (κ3) is 2.69. The van der Waals surface area contributed by atoms with Gasteiger partial charge in [-0.1, -0.05) is 6.92 Å². The molecule has 1 fully saturated rings. The van der Waals surface area contributed by atoms with Crippen LogP contribution in [0.4, 0.5) is 0 Å². The van der Waals surface area contributed by atoms with Gasteiger partial charge in [0.05, 0.1) is 11.5 Å². The number of carbonyl (C=O) groups excluding carboxylic acids is 1. The van der Waals surface area contributed by atoms with Crippen LogP contribution in [-0.2, 0) is 9.53 Å². The molecule has 0 aromatic carbocycles. The zero-order valence-corrected chi connectivity index (χ0v) is 9.88. The summed E-state index contributed by atoms with van der Waals surface area (Å²) < 4.78 is 5.16. The molecule has 1 unspecified atom stereocenters. The van der Waals surface area contributed by atoms with E-state index >= 15 is 0 Å². The minimum Gasteiger partial charge on any atom is -0.381 e. The van der Waals surface area contributed by atoms with Gasteiger partial charge in [-0.2, -0.15) is 0 Å². The monoisotopic (exact) mass is 214 g/mol. The lowest BCUT2D eigenvalue weighted by Crippen LogP contribution is -2.53. The maximum absolute atomic E-state index is 11.9. The van der Waals surface area contributed by atoms with Crippen LogP contribution in [0.2, 0.25) is 0 Å². The first kappa shape index (κ1) is 12.5. The number of amides is 1. The molecule has 0 aromatic heterocycles. The zero-order chi connectivity index (χ0) is 11.5. The first-order chi connectivity index (χ1) is 7.05. The van der Waals surface area contributed by atoms with Crippen LogP contribution in [-0.4, -0.2) is 31.7 Å². The Hall–Kier alpha value is -0.610. The highest BCUT2D eigenvalue weighted by Crippen LogP contribution is 2.25. The number of nitrogens with two attached hydrogens (primary N) is 1. The van der Waals surface area contributed by atoms with Gasteiger partial charge in [-0.15, -0.1) is 0 Å². The molecule has 1 aliphatic rings. The van der Waals surface area contributed by atoms with E-state index in [0.29, 0.717) is 12.6 Å². The lowest BCUT2D eigenvalue weighted by atomic mass is 9.84. The second kappa shape index (κ2) is 4.94. The molecule has 88 valence electrons. The lowest BCUT2D eigenvalue weighted by Gasteiger charge is -2.37. The van der Waals surface area contributed by atoms with Gasteiger partial charge in [-0.25, -0.2) is 0 Å². The van der Waals surface area contributed by atoms with Crippen molar-refractivity contribution in [2.45, 2.75) is 45.3 Å². The molecule has 0 saturated heterocycles. The molecular weight excluding hydrogens is 192 g/mol. The minimum atomic E-state index is -0.418. The van der Waals surface area contributed by atoms with E-state index in [0.717, 1.165) is 19.3 Å². The number of methoxy groups -OCH3 is 1.